The highest BCUT2D eigenvalue weighted by atomic mass is 15.3. The van der Waals surface area contributed by atoms with Gasteiger partial charge in [-0.2, -0.15) is 5.10 Å². The van der Waals surface area contributed by atoms with Crippen molar-refractivity contribution in [3.8, 4) is 5.69 Å². The summed E-state index contributed by atoms with van der Waals surface area (Å²) in [7, 11) is 0. The summed E-state index contributed by atoms with van der Waals surface area (Å²) in [6, 6.07) is 10.5. The number of hydrogen-bond acceptors (Lipinski definition) is 2. The Morgan fingerprint density at radius 2 is 2.06 bits per heavy atom. The van der Waals surface area contributed by atoms with E-state index < -0.39 is 0 Å². The molecule has 0 fully saturated rings. The van der Waals surface area contributed by atoms with Crippen molar-refractivity contribution in [2.45, 2.75) is 19.9 Å². The van der Waals surface area contributed by atoms with Gasteiger partial charge < -0.3 is 5.32 Å². The van der Waals surface area contributed by atoms with Gasteiger partial charge in [-0.3, -0.25) is 0 Å². The van der Waals surface area contributed by atoms with E-state index in [0.29, 0.717) is 6.04 Å². The molecule has 1 atom stereocenters. The van der Waals surface area contributed by atoms with Crippen LogP contribution in [0.1, 0.15) is 25.5 Å². The number of aromatic nitrogens is 2. The Kier molecular flexibility index (Phi) is 3.37. The first-order chi connectivity index (χ1) is 7.81. The third-order valence-electron chi connectivity index (χ3n) is 2.63. The number of nitrogens with one attached hydrogen (secondary N) is 1. The molecule has 1 unspecified atom stereocenters. The summed E-state index contributed by atoms with van der Waals surface area (Å²) in [6.45, 7) is 5.23. The lowest BCUT2D eigenvalue weighted by Crippen LogP contribution is -2.17. The van der Waals surface area contributed by atoms with E-state index in [1.165, 1.54) is 5.56 Å². The van der Waals surface area contributed by atoms with E-state index in [9.17, 15) is 0 Å². The van der Waals surface area contributed by atoms with Crippen molar-refractivity contribution >= 4 is 0 Å². The number of benzene rings is 1. The fourth-order valence-corrected chi connectivity index (χ4v) is 1.71. The molecular weight excluding hydrogens is 198 g/mol. The Labute approximate surface area is 96.1 Å². The van der Waals surface area contributed by atoms with Gasteiger partial charge >= 0.3 is 0 Å². The molecule has 1 aromatic carbocycles. The zero-order valence-corrected chi connectivity index (χ0v) is 9.72. The van der Waals surface area contributed by atoms with Gasteiger partial charge in [0, 0.05) is 17.8 Å². The molecule has 0 saturated carbocycles. The summed E-state index contributed by atoms with van der Waals surface area (Å²) in [6.07, 6.45) is 3.99. The van der Waals surface area contributed by atoms with Crippen LogP contribution in [0.15, 0.2) is 42.7 Å². The summed E-state index contributed by atoms with van der Waals surface area (Å²) in [5, 5.41) is 7.74. The van der Waals surface area contributed by atoms with E-state index in [4.69, 9.17) is 0 Å². The van der Waals surface area contributed by atoms with Crippen LogP contribution in [0.4, 0.5) is 0 Å². The van der Waals surface area contributed by atoms with Crippen molar-refractivity contribution in [2.24, 2.45) is 0 Å². The van der Waals surface area contributed by atoms with Crippen molar-refractivity contribution in [1.82, 2.24) is 15.1 Å². The summed E-state index contributed by atoms with van der Waals surface area (Å²) in [5.41, 5.74) is 2.31. The maximum atomic E-state index is 4.37. The topological polar surface area (TPSA) is 29.9 Å². The minimum absolute atomic E-state index is 0.350. The Morgan fingerprint density at radius 3 is 2.75 bits per heavy atom. The first kappa shape index (κ1) is 10.9. The molecule has 0 amide bonds. The lowest BCUT2D eigenvalue weighted by molar-refractivity contribution is 0.598. The van der Waals surface area contributed by atoms with Gasteiger partial charge in [-0.15, -0.1) is 0 Å². The molecule has 0 radical (unpaired) electrons. The Morgan fingerprint density at radius 1 is 1.31 bits per heavy atom. The SMILES string of the molecule is CCNC(C)c1cnn(-c2ccccc2)c1. The van der Waals surface area contributed by atoms with Crippen molar-refractivity contribution in [2.75, 3.05) is 6.54 Å². The molecule has 0 spiro atoms. The number of nitrogens with zero attached hydrogens (tertiary/aromatic N) is 2. The van der Waals surface area contributed by atoms with Gasteiger partial charge in [0.1, 0.15) is 0 Å². The van der Waals surface area contributed by atoms with Gasteiger partial charge in [-0.25, -0.2) is 4.68 Å². The zero-order valence-electron chi connectivity index (χ0n) is 9.72. The quantitative estimate of drug-likeness (QED) is 0.849. The molecule has 3 nitrogen and oxygen atoms in total. The standard InChI is InChI=1S/C13H17N3/c1-3-14-11(2)12-9-15-16(10-12)13-7-5-4-6-8-13/h4-11,14H,3H2,1-2H3. The normalized spacial score (nSPS) is 12.6. The Balaban J connectivity index is 2.20. The lowest BCUT2D eigenvalue weighted by Gasteiger charge is -2.08. The van der Waals surface area contributed by atoms with Crippen LogP contribution in [0.5, 0.6) is 0 Å². The third kappa shape index (κ3) is 2.31. The molecular formula is C13H17N3. The molecule has 0 bridgehead atoms. The van der Waals surface area contributed by atoms with Crippen LogP contribution in [-0.2, 0) is 0 Å². The fourth-order valence-electron chi connectivity index (χ4n) is 1.71. The molecule has 2 rings (SSSR count). The highest BCUT2D eigenvalue weighted by Crippen LogP contribution is 2.13. The molecule has 1 aromatic heterocycles. The van der Waals surface area contributed by atoms with Crippen LogP contribution in [0.3, 0.4) is 0 Å². The van der Waals surface area contributed by atoms with E-state index in [0.717, 1.165) is 12.2 Å². The molecule has 0 saturated heterocycles. The van der Waals surface area contributed by atoms with E-state index in [-0.39, 0.29) is 0 Å². The van der Waals surface area contributed by atoms with Gasteiger partial charge in [0.15, 0.2) is 0 Å². The van der Waals surface area contributed by atoms with Gasteiger partial charge in [-0.1, -0.05) is 25.1 Å². The number of hydrogen-bond donors (Lipinski definition) is 1. The average molecular weight is 215 g/mol. The molecule has 1 N–H and O–H groups in total. The zero-order chi connectivity index (χ0) is 11.4. The highest BCUT2D eigenvalue weighted by molar-refractivity contribution is 5.31. The van der Waals surface area contributed by atoms with Crippen LogP contribution < -0.4 is 5.32 Å². The summed E-state index contributed by atoms with van der Waals surface area (Å²) in [4.78, 5) is 0. The smallest absolute Gasteiger partial charge is 0.0645 e. The van der Waals surface area contributed by atoms with Gasteiger partial charge in [0.2, 0.25) is 0 Å². The van der Waals surface area contributed by atoms with E-state index in [1.54, 1.807) is 0 Å². The lowest BCUT2D eigenvalue weighted by atomic mass is 10.2. The maximum absolute atomic E-state index is 4.37. The van der Waals surface area contributed by atoms with Crippen molar-refractivity contribution < 1.29 is 0 Å². The molecule has 16 heavy (non-hydrogen) atoms. The average Bonchev–Trinajstić information content (AvgIpc) is 2.80. The fraction of sp³-hybridized carbons (Fsp3) is 0.308. The summed E-state index contributed by atoms with van der Waals surface area (Å²) in [5.74, 6) is 0. The van der Waals surface area contributed by atoms with Gasteiger partial charge in [0.25, 0.3) is 0 Å². The van der Waals surface area contributed by atoms with Gasteiger partial charge in [-0.05, 0) is 25.6 Å². The summed E-state index contributed by atoms with van der Waals surface area (Å²) >= 11 is 0. The van der Waals surface area contributed by atoms with Crippen LogP contribution in [0.25, 0.3) is 5.69 Å². The number of para-hydroxylation sites is 1. The Bertz CT molecular complexity index is 433. The second-order valence-electron chi connectivity index (χ2n) is 3.83. The molecule has 0 aliphatic heterocycles. The minimum atomic E-state index is 0.350. The van der Waals surface area contributed by atoms with Crippen molar-refractivity contribution in [1.29, 1.82) is 0 Å². The molecule has 0 aliphatic rings. The van der Waals surface area contributed by atoms with Crippen molar-refractivity contribution in [3.05, 3.63) is 48.3 Å². The van der Waals surface area contributed by atoms with E-state index >= 15 is 0 Å². The largest absolute Gasteiger partial charge is 0.310 e. The first-order valence-electron chi connectivity index (χ1n) is 5.64. The van der Waals surface area contributed by atoms with Crippen molar-refractivity contribution in [3.63, 3.8) is 0 Å². The summed E-state index contributed by atoms with van der Waals surface area (Å²) < 4.78 is 1.91. The molecule has 1 heterocycles. The third-order valence-corrected chi connectivity index (χ3v) is 2.63. The molecule has 2 aromatic rings. The van der Waals surface area contributed by atoms with Crippen LogP contribution >= 0.6 is 0 Å². The second-order valence-corrected chi connectivity index (χ2v) is 3.83. The monoisotopic (exact) mass is 215 g/mol. The molecule has 3 heteroatoms. The van der Waals surface area contributed by atoms with E-state index in [2.05, 4.69) is 42.6 Å². The predicted molar refractivity (Wildman–Crippen MR) is 65.7 cm³/mol. The Hall–Kier alpha value is -1.61. The highest BCUT2D eigenvalue weighted by Gasteiger charge is 2.06. The van der Waals surface area contributed by atoms with Crippen LogP contribution in [-0.4, -0.2) is 16.3 Å². The number of rotatable bonds is 4. The minimum Gasteiger partial charge on any atom is -0.310 e. The predicted octanol–water partition coefficient (Wildman–Crippen LogP) is 2.54. The first-order valence-corrected chi connectivity index (χ1v) is 5.64. The second kappa shape index (κ2) is 4.94. The van der Waals surface area contributed by atoms with Crippen LogP contribution in [0.2, 0.25) is 0 Å². The maximum Gasteiger partial charge on any atom is 0.0645 e. The van der Waals surface area contributed by atoms with E-state index in [1.807, 2.05) is 29.1 Å². The molecule has 84 valence electrons. The molecule has 0 aliphatic carbocycles. The van der Waals surface area contributed by atoms with Crippen LogP contribution in [0, 0.1) is 0 Å². The van der Waals surface area contributed by atoms with Gasteiger partial charge in [0.05, 0.1) is 11.9 Å².